The minimum Gasteiger partial charge on any atom is -0.660 e. The van der Waals surface area contributed by atoms with Gasteiger partial charge in [-0.25, -0.2) is 4.99 Å². The zero-order chi connectivity index (χ0) is 33.6. The fourth-order valence-corrected chi connectivity index (χ4v) is 7.27. The number of fused-ring (bicyclic) bond motifs is 6. The number of nitrogens with zero attached hydrogens (tertiary/aromatic N) is 4. The van der Waals surface area contributed by atoms with Gasteiger partial charge in [0.1, 0.15) is 0 Å². The summed E-state index contributed by atoms with van der Waals surface area (Å²) in [6.07, 6.45) is 8.64. The summed E-state index contributed by atoms with van der Waals surface area (Å²) in [5.41, 5.74) is 14.4. The summed E-state index contributed by atoms with van der Waals surface area (Å²) in [5.74, 6) is -0.0745. The molecule has 3 aliphatic rings. The summed E-state index contributed by atoms with van der Waals surface area (Å²) in [5, 5.41) is 1.76. The van der Waals surface area contributed by atoms with E-state index in [-0.39, 0.29) is 33.0 Å². The molecular formula is C46H34N4Pt. The van der Waals surface area contributed by atoms with Crippen LogP contribution in [0.1, 0.15) is 50.7 Å². The fourth-order valence-electron chi connectivity index (χ4n) is 7.27. The summed E-state index contributed by atoms with van der Waals surface area (Å²) in [4.78, 5) is 21.6. The second-order valence-corrected chi connectivity index (χ2v) is 13.2. The zero-order valence-electron chi connectivity index (χ0n) is 28.3. The maximum atomic E-state index is 5.46. The van der Waals surface area contributed by atoms with Crippen LogP contribution in [0.3, 0.4) is 0 Å². The summed E-state index contributed by atoms with van der Waals surface area (Å²) < 4.78 is 0. The third-order valence-electron chi connectivity index (χ3n) is 9.78. The predicted octanol–water partition coefficient (Wildman–Crippen LogP) is 7.61. The normalized spacial score (nSPS) is 21.3. The van der Waals surface area contributed by atoms with E-state index in [1.807, 2.05) is 6.07 Å². The molecule has 0 radical (unpaired) electrons. The molecule has 8 bridgehead atoms. The van der Waals surface area contributed by atoms with Crippen molar-refractivity contribution in [2.75, 3.05) is 0 Å². The van der Waals surface area contributed by atoms with Crippen molar-refractivity contribution in [2.24, 2.45) is 9.98 Å². The van der Waals surface area contributed by atoms with Gasteiger partial charge in [0.25, 0.3) is 0 Å². The first-order valence-corrected chi connectivity index (χ1v) is 17.1. The first-order valence-electron chi connectivity index (χ1n) is 17.1. The van der Waals surface area contributed by atoms with E-state index in [4.69, 9.17) is 20.0 Å². The van der Waals surface area contributed by atoms with Crippen LogP contribution in [0.15, 0.2) is 173 Å². The Kier molecular flexibility index (Phi) is 8.71. The molecular weight excluding hydrogens is 804 g/mol. The molecule has 0 spiro atoms. The van der Waals surface area contributed by atoms with E-state index in [0.717, 1.165) is 72.6 Å². The Bertz CT molecular complexity index is 2530. The minimum atomic E-state index is -0.143. The predicted molar refractivity (Wildman–Crippen MR) is 204 cm³/mol. The van der Waals surface area contributed by atoms with Gasteiger partial charge in [0, 0.05) is 5.92 Å². The number of rotatable bonds is 4. The zero-order valence-corrected chi connectivity index (χ0v) is 30.5. The van der Waals surface area contributed by atoms with Crippen molar-refractivity contribution in [1.82, 2.24) is 9.97 Å². The molecule has 2 unspecified atom stereocenters. The minimum absolute atomic E-state index is 0. The summed E-state index contributed by atoms with van der Waals surface area (Å²) in [6.45, 7) is 4.23. The van der Waals surface area contributed by atoms with E-state index in [9.17, 15) is 0 Å². The number of aryl methyl sites for hydroxylation is 2. The third-order valence-corrected chi connectivity index (χ3v) is 9.78. The first-order chi connectivity index (χ1) is 24.6. The second-order valence-electron chi connectivity index (χ2n) is 13.2. The standard InChI is InChI=1S/C46H34N4.Pt/c1-29-13-17-33(18-14-29)45-39-25-21-35(47-39)43(31-9-5-3-6-10-31)37-23-27-41(49-37)46(34-19-15-30(2)16-20-34)42-28-24-38(50-42)44(32-11-7-4-8-12-32)36-22-26-40(45)48-36;/h3-28,35,43H,1-2H3;/q-2;+2/b44-36-,45-40-,46-42-;. The molecule has 0 saturated carbocycles. The van der Waals surface area contributed by atoms with Gasteiger partial charge in [0.2, 0.25) is 0 Å². The van der Waals surface area contributed by atoms with E-state index >= 15 is 0 Å². The SMILES string of the molecule is Cc1ccc(/C2=C3\C=CC(=N3)/C(c3ccccc3)=c3/cc/c([n-]3)=C(\c3ccc(C)cc3)C3=NC(C=C3)C(c3ccccc3)c3ccc2[n-]3)cc1.[Pt+2]. The van der Waals surface area contributed by atoms with Crippen LogP contribution in [0.5, 0.6) is 0 Å². The topological polar surface area (TPSA) is 52.9 Å². The van der Waals surface area contributed by atoms with Gasteiger partial charge in [-0.2, -0.15) is 0 Å². The van der Waals surface area contributed by atoms with Crippen molar-refractivity contribution in [3.8, 4) is 0 Å². The Labute approximate surface area is 312 Å². The molecule has 9 rings (SSSR count). The third kappa shape index (κ3) is 6.11. The van der Waals surface area contributed by atoms with E-state index in [1.54, 1.807) is 0 Å². The maximum Gasteiger partial charge on any atom is 2.00 e. The molecule has 5 heteroatoms. The van der Waals surface area contributed by atoms with Crippen LogP contribution in [-0.2, 0) is 21.1 Å². The van der Waals surface area contributed by atoms with Crippen LogP contribution >= 0.6 is 0 Å². The van der Waals surface area contributed by atoms with Crippen molar-refractivity contribution in [3.05, 3.63) is 219 Å². The van der Waals surface area contributed by atoms with Gasteiger partial charge in [0.05, 0.1) is 23.2 Å². The molecule has 0 saturated heterocycles. The van der Waals surface area contributed by atoms with E-state index in [2.05, 4.69) is 166 Å². The average Bonchev–Trinajstić information content (AvgIpc) is 3.98. The van der Waals surface area contributed by atoms with E-state index in [1.165, 1.54) is 16.7 Å². The summed E-state index contributed by atoms with van der Waals surface area (Å²) >= 11 is 0. The number of allylic oxidation sites excluding steroid dienone is 3. The molecule has 0 aliphatic carbocycles. The summed E-state index contributed by atoms with van der Waals surface area (Å²) in [7, 11) is 0. The van der Waals surface area contributed by atoms with Gasteiger partial charge in [-0.1, -0.05) is 151 Å². The van der Waals surface area contributed by atoms with Crippen molar-refractivity contribution >= 4 is 28.1 Å². The molecule has 248 valence electrons. The molecule has 4 aromatic carbocycles. The van der Waals surface area contributed by atoms with Crippen LogP contribution in [0.2, 0.25) is 0 Å². The quantitative estimate of drug-likeness (QED) is 0.184. The molecule has 5 heterocycles. The average molecular weight is 838 g/mol. The Morgan fingerprint density at radius 3 is 1.76 bits per heavy atom. The van der Waals surface area contributed by atoms with E-state index < -0.39 is 0 Å². The first kappa shape index (κ1) is 32.6. The molecule has 4 nitrogen and oxygen atoms in total. The number of aromatic nitrogens is 2. The Morgan fingerprint density at radius 1 is 0.510 bits per heavy atom. The smallest absolute Gasteiger partial charge is 0.660 e. The molecule has 2 atom stereocenters. The number of hydrogen-bond donors (Lipinski definition) is 0. The van der Waals surface area contributed by atoms with Gasteiger partial charge in [-0.3, -0.25) is 4.99 Å². The van der Waals surface area contributed by atoms with Crippen molar-refractivity contribution < 1.29 is 21.1 Å². The largest absolute Gasteiger partial charge is 2.00 e. The fraction of sp³-hybridized carbons (Fsp3) is 0.0870. The summed E-state index contributed by atoms with van der Waals surface area (Å²) in [6, 6.07) is 46.8. The number of hydrogen-bond acceptors (Lipinski definition) is 2. The maximum absolute atomic E-state index is 5.46. The number of aliphatic imine (C=N–C) groups is 2. The second kappa shape index (κ2) is 13.6. The van der Waals surface area contributed by atoms with Gasteiger partial charge in [0.15, 0.2) is 0 Å². The van der Waals surface area contributed by atoms with Crippen molar-refractivity contribution in [2.45, 2.75) is 25.8 Å². The molecule has 51 heavy (non-hydrogen) atoms. The van der Waals surface area contributed by atoms with Crippen molar-refractivity contribution in [3.63, 3.8) is 0 Å². The monoisotopic (exact) mass is 837 g/mol. The Hall–Kier alpha value is -5.57. The van der Waals surface area contributed by atoms with Crippen LogP contribution in [0, 0.1) is 13.8 Å². The van der Waals surface area contributed by atoms with Crippen LogP contribution < -0.4 is 20.7 Å². The molecule has 6 aromatic rings. The molecule has 2 aromatic heterocycles. The van der Waals surface area contributed by atoms with Gasteiger partial charge < -0.3 is 9.97 Å². The molecule has 0 fully saturated rings. The Balaban J connectivity index is 0.00000374. The molecule has 3 aliphatic heterocycles. The Morgan fingerprint density at radius 2 is 1.10 bits per heavy atom. The number of benzene rings is 4. The van der Waals surface area contributed by atoms with Crippen LogP contribution in [0.25, 0.3) is 16.7 Å². The molecule has 0 amide bonds. The van der Waals surface area contributed by atoms with Gasteiger partial charge in [-0.15, -0.1) is 22.1 Å². The van der Waals surface area contributed by atoms with Crippen molar-refractivity contribution in [1.29, 1.82) is 0 Å². The molecule has 0 N–H and O–H groups in total. The van der Waals surface area contributed by atoms with E-state index in [0.29, 0.717) is 0 Å². The van der Waals surface area contributed by atoms with Gasteiger partial charge >= 0.3 is 21.1 Å². The van der Waals surface area contributed by atoms with Crippen LogP contribution in [0.4, 0.5) is 0 Å². The van der Waals surface area contributed by atoms with Crippen LogP contribution in [-0.4, -0.2) is 17.5 Å². The van der Waals surface area contributed by atoms with Gasteiger partial charge in [-0.05, 0) is 71.0 Å².